The zero-order valence-electron chi connectivity index (χ0n) is 16.4. The Hall–Kier alpha value is -2.79. The first-order valence-electron chi connectivity index (χ1n) is 9.21. The molecule has 2 aromatic carbocycles. The molecule has 0 spiro atoms. The molecule has 1 N–H and O–H groups in total. The summed E-state index contributed by atoms with van der Waals surface area (Å²) < 4.78 is 68.7. The molecule has 0 amide bonds. The van der Waals surface area contributed by atoms with Crippen LogP contribution in [-0.2, 0) is 10.0 Å². The van der Waals surface area contributed by atoms with Gasteiger partial charge in [0.25, 0.3) is 10.0 Å². The number of benzene rings is 2. The number of anilines is 2. The normalized spacial score (nSPS) is 18.3. The Labute approximate surface area is 173 Å². The molecule has 0 unspecified atom stereocenters. The lowest BCUT2D eigenvalue weighted by atomic mass is 10.2. The second-order valence-corrected chi connectivity index (χ2v) is 8.74. The molecule has 2 aliphatic rings. The van der Waals surface area contributed by atoms with Crippen LogP contribution in [0.4, 0.5) is 20.2 Å². The number of fused-ring (bicyclic) bond motifs is 1. The van der Waals surface area contributed by atoms with Gasteiger partial charge in [0.2, 0.25) is 0 Å². The molecule has 11 heteroatoms. The minimum Gasteiger partial charge on any atom is -0.495 e. The lowest BCUT2D eigenvalue weighted by molar-refractivity contribution is -0.286. The predicted molar refractivity (Wildman–Crippen MR) is 106 cm³/mol. The van der Waals surface area contributed by atoms with Gasteiger partial charge in [0.05, 0.1) is 23.4 Å². The first-order valence-corrected chi connectivity index (χ1v) is 10.7. The third kappa shape index (κ3) is 4.08. The molecular weight excluding hydrogens is 420 g/mol. The molecule has 8 nitrogen and oxygen atoms in total. The molecule has 2 aromatic rings. The highest BCUT2D eigenvalue weighted by atomic mass is 32.2. The lowest BCUT2D eigenvalue weighted by Crippen LogP contribution is -2.44. The number of nitrogens with one attached hydrogen (secondary N) is 1. The Morgan fingerprint density at radius 1 is 1.03 bits per heavy atom. The Morgan fingerprint density at radius 3 is 2.43 bits per heavy atom. The first-order chi connectivity index (χ1) is 14.2. The molecule has 0 atom stereocenters. The fourth-order valence-corrected chi connectivity index (χ4v) is 4.43. The molecule has 2 heterocycles. The van der Waals surface area contributed by atoms with Gasteiger partial charge in [-0.05, 0) is 37.4 Å². The Bertz CT molecular complexity index is 1060. The zero-order valence-corrected chi connectivity index (χ0v) is 17.2. The topological polar surface area (TPSA) is 80.3 Å². The quantitative estimate of drug-likeness (QED) is 0.764. The largest absolute Gasteiger partial charge is 0.586 e. The molecule has 0 aromatic heterocycles. The van der Waals surface area contributed by atoms with Gasteiger partial charge in [-0.2, -0.15) is 0 Å². The van der Waals surface area contributed by atoms with Gasteiger partial charge in [-0.3, -0.25) is 4.72 Å². The van der Waals surface area contributed by atoms with E-state index in [1.165, 1.54) is 25.3 Å². The van der Waals surface area contributed by atoms with Gasteiger partial charge < -0.3 is 24.0 Å². The number of piperazine rings is 1. The lowest BCUT2D eigenvalue weighted by Gasteiger charge is -2.34. The van der Waals surface area contributed by atoms with Crippen molar-refractivity contribution in [1.29, 1.82) is 0 Å². The molecular formula is C19H21F2N3O5S. The minimum absolute atomic E-state index is 0.0280. The van der Waals surface area contributed by atoms with Gasteiger partial charge in [0, 0.05) is 32.2 Å². The molecule has 0 saturated carbocycles. The van der Waals surface area contributed by atoms with Gasteiger partial charge in [-0.25, -0.2) is 8.42 Å². The van der Waals surface area contributed by atoms with E-state index in [1.807, 2.05) is 7.05 Å². The summed E-state index contributed by atoms with van der Waals surface area (Å²) in [5, 5.41) is 0. The average molecular weight is 441 g/mol. The monoisotopic (exact) mass is 441 g/mol. The summed E-state index contributed by atoms with van der Waals surface area (Å²) in [6, 6.07) is 8.28. The first kappa shape index (κ1) is 20.5. The van der Waals surface area contributed by atoms with Crippen LogP contribution in [0, 0.1) is 0 Å². The van der Waals surface area contributed by atoms with Crippen LogP contribution in [0.1, 0.15) is 0 Å². The number of nitrogens with zero attached hydrogens (tertiary/aromatic N) is 2. The van der Waals surface area contributed by atoms with E-state index in [1.54, 1.807) is 12.1 Å². The van der Waals surface area contributed by atoms with Crippen molar-refractivity contribution in [2.75, 3.05) is 50.0 Å². The highest BCUT2D eigenvalue weighted by molar-refractivity contribution is 7.92. The van der Waals surface area contributed by atoms with E-state index in [9.17, 15) is 17.2 Å². The van der Waals surface area contributed by atoms with E-state index < -0.39 is 16.3 Å². The number of halogens is 2. The summed E-state index contributed by atoms with van der Waals surface area (Å²) in [5.74, 6) is 0.168. The Balaban J connectivity index is 1.60. The Morgan fingerprint density at radius 2 is 1.73 bits per heavy atom. The van der Waals surface area contributed by atoms with Crippen LogP contribution < -0.4 is 23.8 Å². The maximum atomic E-state index is 13.2. The van der Waals surface area contributed by atoms with E-state index in [-0.39, 0.29) is 22.1 Å². The molecule has 0 radical (unpaired) electrons. The van der Waals surface area contributed by atoms with Crippen LogP contribution in [0.15, 0.2) is 41.3 Å². The second kappa shape index (κ2) is 7.47. The molecule has 4 rings (SSSR count). The Kier molecular flexibility index (Phi) is 5.10. The van der Waals surface area contributed by atoms with Crippen molar-refractivity contribution in [3.63, 3.8) is 0 Å². The third-order valence-corrected chi connectivity index (χ3v) is 6.34. The SMILES string of the molecule is COc1ccc(S(=O)(=O)Nc2ccc3c(c2)OC(F)(F)O3)cc1N1CCN(C)CC1. The number of rotatable bonds is 5. The second-order valence-electron chi connectivity index (χ2n) is 7.06. The molecule has 30 heavy (non-hydrogen) atoms. The van der Waals surface area contributed by atoms with E-state index in [4.69, 9.17) is 4.74 Å². The maximum Gasteiger partial charge on any atom is 0.586 e. The average Bonchev–Trinajstić information content (AvgIpc) is 3.01. The fraction of sp³-hybridized carbons (Fsp3) is 0.368. The van der Waals surface area contributed by atoms with Gasteiger partial charge in [0.1, 0.15) is 5.75 Å². The summed E-state index contributed by atoms with van der Waals surface area (Å²) in [6.07, 6.45) is -3.77. The fourth-order valence-electron chi connectivity index (χ4n) is 3.36. The van der Waals surface area contributed by atoms with Crippen LogP contribution >= 0.6 is 0 Å². The smallest absolute Gasteiger partial charge is 0.495 e. The van der Waals surface area contributed by atoms with Crippen molar-refractivity contribution in [1.82, 2.24) is 4.90 Å². The number of hydrogen-bond donors (Lipinski definition) is 1. The van der Waals surface area contributed by atoms with Gasteiger partial charge in [-0.15, -0.1) is 8.78 Å². The molecule has 1 fully saturated rings. The summed E-state index contributed by atoms with van der Waals surface area (Å²) in [5.41, 5.74) is 0.755. The van der Waals surface area contributed by atoms with Crippen LogP contribution in [-0.4, -0.2) is 59.9 Å². The summed E-state index contributed by atoms with van der Waals surface area (Å²) in [4.78, 5) is 4.29. The van der Waals surface area contributed by atoms with Gasteiger partial charge in [-0.1, -0.05) is 0 Å². The van der Waals surface area contributed by atoms with Crippen LogP contribution in [0.25, 0.3) is 0 Å². The number of alkyl halides is 2. The number of methoxy groups -OCH3 is 1. The molecule has 0 aliphatic carbocycles. The van der Waals surface area contributed by atoms with Gasteiger partial charge >= 0.3 is 6.29 Å². The van der Waals surface area contributed by atoms with E-state index in [2.05, 4.69) is 24.0 Å². The number of ether oxygens (including phenoxy) is 3. The summed E-state index contributed by atoms with van der Waals surface area (Å²) >= 11 is 0. The van der Waals surface area contributed by atoms with Crippen molar-refractivity contribution in [2.45, 2.75) is 11.2 Å². The van der Waals surface area contributed by atoms with Crippen molar-refractivity contribution in [3.05, 3.63) is 36.4 Å². The number of hydrogen-bond acceptors (Lipinski definition) is 7. The summed E-state index contributed by atoms with van der Waals surface area (Å²) in [6.45, 7) is 3.17. The third-order valence-electron chi connectivity index (χ3n) is 4.96. The van der Waals surface area contributed by atoms with Crippen molar-refractivity contribution in [3.8, 4) is 17.2 Å². The molecule has 2 aliphatic heterocycles. The minimum atomic E-state index is -3.98. The van der Waals surface area contributed by atoms with Gasteiger partial charge in [0.15, 0.2) is 11.5 Å². The van der Waals surface area contributed by atoms with E-state index >= 15 is 0 Å². The molecule has 0 bridgehead atoms. The van der Waals surface area contributed by atoms with Crippen LogP contribution in [0.3, 0.4) is 0 Å². The van der Waals surface area contributed by atoms with Crippen LogP contribution in [0.5, 0.6) is 17.2 Å². The van der Waals surface area contributed by atoms with Crippen molar-refractivity contribution >= 4 is 21.4 Å². The highest BCUT2D eigenvalue weighted by Crippen LogP contribution is 2.42. The predicted octanol–water partition coefficient (Wildman–Crippen LogP) is 2.57. The maximum absolute atomic E-state index is 13.2. The number of likely N-dealkylation sites (N-methyl/N-ethyl adjacent to an activating group) is 1. The van der Waals surface area contributed by atoms with Crippen molar-refractivity contribution < 1.29 is 31.4 Å². The zero-order chi connectivity index (χ0) is 21.5. The van der Waals surface area contributed by atoms with Crippen LogP contribution in [0.2, 0.25) is 0 Å². The highest BCUT2D eigenvalue weighted by Gasteiger charge is 2.43. The summed E-state index contributed by atoms with van der Waals surface area (Å²) in [7, 11) is -0.423. The van der Waals surface area contributed by atoms with Crippen molar-refractivity contribution in [2.24, 2.45) is 0 Å². The molecule has 1 saturated heterocycles. The van der Waals surface area contributed by atoms with E-state index in [0.29, 0.717) is 11.4 Å². The van der Waals surface area contributed by atoms with E-state index in [0.717, 1.165) is 32.2 Å². The molecule has 162 valence electrons. The standard InChI is InChI=1S/C19H21F2N3O5S/c1-23-7-9-24(10-8-23)15-12-14(4-6-16(15)27-2)30(25,26)22-13-3-5-17-18(11-13)29-19(20,21)28-17/h3-6,11-12,22H,7-10H2,1-2H3. The number of sulfonamides is 1.